The summed E-state index contributed by atoms with van der Waals surface area (Å²) in [4.78, 5) is 17.6. The normalized spacial score (nSPS) is 14.4. The first-order chi connectivity index (χ1) is 10.7. The van der Waals surface area contributed by atoms with Crippen molar-refractivity contribution in [1.29, 1.82) is 0 Å². The molecule has 0 atom stereocenters. The molecule has 1 aliphatic rings. The van der Waals surface area contributed by atoms with Gasteiger partial charge in [0.1, 0.15) is 16.3 Å². The molecule has 0 aromatic carbocycles. The van der Waals surface area contributed by atoms with E-state index in [0.717, 1.165) is 38.9 Å². The molecule has 22 heavy (non-hydrogen) atoms. The maximum atomic E-state index is 6.16. The van der Waals surface area contributed by atoms with Crippen molar-refractivity contribution < 1.29 is 0 Å². The molecule has 0 radical (unpaired) electrons. The van der Waals surface area contributed by atoms with Crippen molar-refractivity contribution in [3.8, 4) is 10.6 Å². The van der Waals surface area contributed by atoms with Gasteiger partial charge in [-0.25, -0.2) is 9.97 Å². The number of nitrogens with two attached hydrogens (primary N) is 1. The Bertz CT molecular complexity index is 783. The molecule has 0 spiro atoms. The Morgan fingerprint density at radius 2 is 2.18 bits per heavy atom. The number of aryl methyl sites for hydroxylation is 1. The van der Waals surface area contributed by atoms with Crippen molar-refractivity contribution in [2.75, 3.05) is 17.6 Å². The third-order valence-corrected chi connectivity index (χ3v) is 4.82. The van der Waals surface area contributed by atoms with Crippen LogP contribution in [0.15, 0.2) is 18.5 Å². The number of fused-ring (bicyclic) bond motifs is 1. The zero-order valence-electron chi connectivity index (χ0n) is 12.2. The van der Waals surface area contributed by atoms with Crippen molar-refractivity contribution >= 4 is 33.3 Å². The largest absolute Gasteiger partial charge is 0.383 e. The lowest BCUT2D eigenvalue weighted by molar-refractivity contribution is 0.872. The molecule has 0 unspecified atom stereocenters. The summed E-state index contributed by atoms with van der Waals surface area (Å²) in [6.45, 7) is 2.87. The molecule has 112 valence electrons. The monoisotopic (exact) mass is 312 g/mol. The van der Waals surface area contributed by atoms with Gasteiger partial charge in [0.2, 0.25) is 5.95 Å². The molecule has 3 N–H and O–H groups in total. The average molecular weight is 312 g/mol. The summed E-state index contributed by atoms with van der Waals surface area (Å²) in [6, 6.07) is 1.95. The Hall–Kier alpha value is -2.28. The molecule has 1 saturated carbocycles. The molecular weight excluding hydrogens is 296 g/mol. The maximum Gasteiger partial charge on any atom is 0.224 e. The van der Waals surface area contributed by atoms with E-state index in [1.54, 1.807) is 23.7 Å². The molecule has 0 saturated heterocycles. The van der Waals surface area contributed by atoms with Gasteiger partial charge in [-0.1, -0.05) is 0 Å². The average Bonchev–Trinajstić information content (AvgIpc) is 3.22. The van der Waals surface area contributed by atoms with Crippen molar-refractivity contribution in [2.45, 2.75) is 19.8 Å². The van der Waals surface area contributed by atoms with E-state index in [1.165, 1.54) is 12.8 Å². The van der Waals surface area contributed by atoms with Gasteiger partial charge in [0.25, 0.3) is 0 Å². The second-order valence-electron chi connectivity index (χ2n) is 5.58. The van der Waals surface area contributed by atoms with Crippen molar-refractivity contribution in [1.82, 2.24) is 19.9 Å². The number of rotatable bonds is 4. The molecule has 0 bridgehead atoms. The van der Waals surface area contributed by atoms with E-state index >= 15 is 0 Å². The van der Waals surface area contributed by atoms with Crippen LogP contribution in [0.4, 0.5) is 11.8 Å². The number of pyridine rings is 1. The van der Waals surface area contributed by atoms with E-state index in [4.69, 9.17) is 5.73 Å². The van der Waals surface area contributed by atoms with Crippen LogP contribution in [-0.4, -0.2) is 26.5 Å². The first-order valence-electron chi connectivity index (χ1n) is 7.29. The lowest BCUT2D eigenvalue weighted by Gasteiger charge is -2.09. The van der Waals surface area contributed by atoms with Gasteiger partial charge >= 0.3 is 0 Å². The minimum atomic E-state index is 0.470. The van der Waals surface area contributed by atoms with Crippen LogP contribution in [0.2, 0.25) is 0 Å². The summed E-state index contributed by atoms with van der Waals surface area (Å²) >= 11 is 1.58. The highest BCUT2D eigenvalue weighted by Crippen LogP contribution is 2.34. The Morgan fingerprint density at radius 3 is 2.91 bits per heavy atom. The first kappa shape index (κ1) is 13.4. The number of nitrogen functional groups attached to an aromatic ring is 1. The fourth-order valence-corrected chi connectivity index (χ4v) is 3.42. The Kier molecular flexibility index (Phi) is 3.15. The van der Waals surface area contributed by atoms with E-state index < -0.39 is 0 Å². The van der Waals surface area contributed by atoms with Crippen molar-refractivity contribution in [2.24, 2.45) is 5.92 Å². The van der Waals surface area contributed by atoms with E-state index in [-0.39, 0.29) is 0 Å². The van der Waals surface area contributed by atoms with Gasteiger partial charge in [0.05, 0.1) is 22.2 Å². The van der Waals surface area contributed by atoms with Gasteiger partial charge in [0.15, 0.2) is 0 Å². The lowest BCUT2D eigenvalue weighted by atomic mass is 10.2. The highest BCUT2D eigenvalue weighted by molar-refractivity contribution is 7.21. The standard InChI is InChI=1S/C15H16N6S/c1-8-12(14-20-10-7-17-5-4-11(10)22-14)13(16)21-15(19-8)18-6-9-2-3-9/h4-5,7,9H,2-3,6H2,1H3,(H3,16,18,19,21). The molecule has 3 heterocycles. The van der Waals surface area contributed by atoms with Crippen LogP contribution < -0.4 is 11.1 Å². The third-order valence-electron chi connectivity index (χ3n) is 3.77. The molecular formula is C15H16N6S. The first-order valence-corrected chi connectivity index (χ1v) is 8.11. The number of thiazole rings is 1. The summed E-state index contributed by atoms with van der Waals surface area (Å²) in [6.07, 6.45) is 6.10. The number of aromatic nitrogens is 4. The summed E-state index contributed by atoms with van der Waals surface area (Å²) in [5, 5.41) is 4.10. The van der Waals surface area contributed by atoms with Crippen molar-refractivity contribution in [3.05, 3.63) is 24.2 Å². The van der Waals surface area contributed by atoms with Crippen LogP contribution in [0.3, 0.4) is 0 Å². The van der Waals surface area contributed by atoms with Gasteiger partial charge in [-0.15, -0.1) is 11.3 Å². The van der Waals surface area contributed by atoms with Gasteiger partial charge in [-0.05, 0) is 31.7 Å². The van der Waals surface area contributed by atoms with Gasteiger partial charge < -0.3 is 11.1 Å². The third kappa shape index (κ3) is 2.48. The van der Waals surface area contributed by atoms with E-state index in [9.17, 15) is 0 Å². The number of nitrogens with one attached hydrogen (secondary N) is 1. The van der Waals surface area contributed by atoms with Gasteiger partial charge in [-0.3, -0.25) is 4.98 Å². The molecule has 4 rings (SSSR count). The summed E-state index contributed by atoms with van der Waals surface area (Å²) in [7, 11) is 0. The molecule has 3 aromatic rings. The number of hydrogen-bond donors (Lipinski definition) is 2. The number of nitrogens with zero attached hydrogens (tertiary/aromatic N) is 4. The molecule has 7 heteroatoms. The quantitative estimate of drug-likeness (QED) is 0.770. The predicted molar refractivity (Wildman–Crippen MR) is 88.8 cm³/mol. The molecule has 3 aromatic heterocycles. The Balaban J connectivity index is 1.70. The van der Waals surface area contributed by atoms with Gasteiger partial charge in [0, 0.05) is 12.7 Å². The fourth-order valence-electron chi connectivity index (χ4n) is 2.38. The Morgan fingerprint density at radius 1 is 1.32 bits per heavy atom. The topological polar surface area (TPSA) is 89.6 Å². The van der Waals surface area contributed by atoms with Crippen LogP contribution in [0, 0.1) is 12.8 Å². The SMILES string of the molecule is Cc1nc(NCC2CC2)nc(N)c1-c1nc2cnccc2s1. The van der Waals surface area contributed by atoms with Crippen LogP contribution in [0.25, 0.3) is 20.8 Å². The minimum Gasteiger partial charge on any atom is -0.383 e. The maximum absolute atomic E-state index is 6.16. The minimum absolute atomic E-state index is 0.470. The zero-order chi connectivity index (χ0) is 15.1. The zero-order valence-corrected chi connectivity index (χ0v) is 13.0. The van der Waals surface area contributed by atoms with E-state index in [2.05, 4.69) is 25.3 Å². The smallest absolute Gasteiger partial charge is 0.224 e. The highest BCUT2D eigenvalue weighted by Gasteiger charge is 2.22. The predicted octanol–water partition coefficient (Wildman–Crippen LogP) is 2.86. The molecule has 0 aliphatic heterocycles. The fraction of sp³-hybridized carbons (Fsp3) is 0.333. The highest BCUT2D eigenvalue weighted by atomic mass is 32.1. The number of anilines is 2. The second kappa shape index (κ2) is 5.17. The van der Waals surface area contributed by atoms with E-state index in [0.29, 0.717) is 11.8 Å². The van der Waals surface area contributed by atoms with Crippen molar-refractivity contribution in [3.63, 3.8) is 0 Å². The molecule has 6 nitrogen and oxygen atoms in total. The number of hydrogen-bond acceptors (Lipinski definition) is 7. The molecule has 0 amide bonds. The van der Waals surface area contributed by atoms with Crippen LogP contribution in [0.1, 0.15) is 18.5 Å². The molecule has 1 fully saturated rings. The van der Waals surface area contributed by atoms with Crippen LogP contribution >= 0.6 is 11.3 Å². The Labute approximate surface area is 131 Å². The summed E-state index contributed by atoms with van der Waals surface area (Å²) in [5.41, 5.74) is 8.69. The summed E-state index contributed by atoms with van der Waals surface area (Å²) < 4.78 is 1.08. The lowest BCUT2D eigenvalue weighted by Crippen LogP contribution is -2.10. The van der Waals surface area contributed by atoms with Gasteiger partial charge in [-0.2, -0.15) is 4.98 Å². The van der Waals surface area contributed by atoms with Crippen LogP contribution in [0.5, 0.6) is 0 Å². The molecule has 1 aliphatic carbocycles. The summed E-state index contributed by atoms with van der Waals surface area (Å²) in [5.74, 6) is 1.84. The van der Waals surface area contributed by atoms with E-state index in [1.807, 2.05) is 13.0 Å². The van der Waals surface area contributed by atoms with Crippen LogP contribution in [-0.2, 0) is 0 Å². The second-order valence-corrected chi connectivity index (χ2v) is 6.61.